The summed E-state index contributed by atoms with van der Waals surface area (Å²) in [6.07, 6.45) is -0.966. The standard InChI is InChI=1S/C21H30F3N3O5S/c1-20(2,3)32-19(29)27-17(14-7-5-4-6-8-14)18(28)26-15-9-11-16(12-10-15)33(30,31)25-13-21(22,23)24/h9-12,14,17,25H,4-8,13H2,1-3H3,(H,26,28)(H,27,29)/t17-/m0/s1. The van der Waals surface area contributed by atoms with Crippen molar-refractivity contribution in [1.29, 1.82) is 0 Å². The average molecular weight is 494 g/mol. The van der Waals surface area contributed by atoms with Crippen molar-refractivity contribution in [2.24, 2.45) is 5.92 Å². The van der Waals surface area contributed by atoms with Gasteiger partial charge >= 0.3 is 12.3 Å². The monoisotopic (exact) mass is 493 g/mol. The Morgan fingerprint density at radius 2 is 1.64 bits per heavy atom. The molecule has 1 fully saturated rings. The van der Waals surface area contributed by atoms with Crippen LogP contribution in [0.3, 0.4) is 0 Å². The number of rotatable bonds is 7. The molecule has 1 aromatic carbocycles. The molecule has 0 heterocycles. The number of ether oxygens (including phenoxy) is 1. The van der Waals surface area contributed by atoms with Crippen LogP contribution < -0.4 is 15.4 Å². The van der Waals surface area contributed by atoms with Crippen molar-refractivity contribution < 1.29 is 35.9 Å². The molecular weight excluding hydrogens is 463 g/mol. The molecule has 1 aliphatic carbocycles. The maximum atomic E-state index is 13.0. The van der Waals surface area contributed by atoms with E-state index in [2.05, 4.69) is 10.6 Å². The van der Waals surface area contributed by atoms with Crippen LogP contribution in [0.5, 0.6) is 0 Å². The van der Waals surface area contributed by atoms with E-state index in [0.29, 0.717) is 0 Å². The smallest absolute Gasteiger partial charge is 0.408 e. The van der Waals surface area contributed by atoms with Crippen LogP contribution in [0, 0.1) is 5.92 Å². The number of amides is 2. The summed E-state index contributed by atoms with van der Waals surface area (Å²) in [6.45, 7) is 3.44. The van der Waals surface area contributed by atoms with Crippen LogP contribution in [0.1, 0.15) is 52.9 Å². The topological polar surface area (TPSA) is 114 Å². The molecule has 1 aromatic rings. The fourth-order valence-corrected chi connectivity index (χ4v) is 4.51. The van der Waals surface area contributed by atoms with Gasteiger partial charge in [-0.3, -0.25) is 4.79 Å². The maximum Gasteiger partial charge on any atom is 0.408 e. The quantitative estimate of drug-likeness (QED) is 0.533. The van der Waals surface area contributed by atoms with Crippen LogP contribution in [-0.2, 0) is 19.6 Å². The van der Waals surface area contributed by atoms with E-state index in [1.165, 1.54) is 16.9 Å². The van der Waals surface area contributed by atoms with Crippen LogP contribution in [-0.4, -0.2) is 44.8 Å². The van der Waals surface area contributed by atoms with E-state index in [1.807, 2.05) is 0 Å². The second-order valence-electron chi connectivity index (χ2n) is 8.98. The van der Waals surface area contributed by atoms with Gasteiger partial charge in [-0.25, -0.2) is 17.9 Å². The Labute approximate surface area is 191 Å². The molecule has 0 spiro atoms. The summed E-state index contributed by atoms with van der Waals surface area (Å²) < 4.78 is 67.7. The molecule has 3 N–H and O–H groups in total. The number of carbonyl (C=O) groups excluding carboxylic acids is 2. The van der Waals surface area contributed by atoms with Crippen molar-refractivity contribution in [2.75, 3.05) is 11.9 Å². The first kappa shape index (κ1) is 26.9. The fourth-order valence-electron chi connectivity index (χ4n) is 3.50. The van der Waals surface area contributed by atoms with Crippen LogP contribution in [0.2, 0.25) is 0 Å². The molecule has 1 saturated carbocycles. The minimum atomic E-state index is -4.68. The summed E-state index contributed by atoms with van der Waals surface area (Å²) in [7, 11) is -4.36. The van der Waals surface area contributed by atoms with Gasteiger partial charge in [-0.2, -0.15) is 13.2 Å². The summed E-state index contributed by atoms with van der Waals surface area (Å²) in [6, 6.07) is 3.87. The minimum absolute atomic E-state index is 0.0857. The van der Waals surface area contributed by atoms with Crippen molar-refractivity contribution >= 4 is 27.7 Å². The predicted molar refractivity (Wildman–Crippen MR) is 116 cm³/mol. The van der Waals surface area contributed by atoms with Crippen LogP contribution in [0.4, 0.5) is 23.7 Å². The van der Waals surface area contributed by atoms with Gasteiger partial charge in [-0.15, -0.1) is 0 Å². The number of hydrogen-bond acceptors (Lipinski definition) is 5. The minimum Gasteiger partial charge on any atom is -0.444 e. The zero-order valence-electron chi connectivity index (χ0n) is 18.8. The van der Waals surface area contributed by atoms with Gasteiger partial charge in [0.05, 0.1) is 4.90 Å². The molecule has 33 heavy (non-hydrogen) atoms. The number of sulfonamides is 1. The normalized spacial score (nSPS) is 16.7. The van der Waals surface area contributed by atoms with Crippen LogP contribution >= 0.6 is 0 Å². The van der Waals surface area contributed by atoms with Crippen molar-refractivity contribution in [1.82, 2.24) is 10.0 Å². The van der Waals surface area contributed by atoms with Gasteiger partial charge in [0, 0.05) is 5.69 Å². The molecule has 186 valence electrons. The Kier molecular flexibility index (Phi) is 8.75. The molecule has 1 atom stereocenters. The lowest BCUT2D eigenvalue weighted by Crippen LogP contribution is -2.50. The number of anilines is 1. The lowest BCUT2D eigenvalue weighted by Gasteiger charge is -2.31. The predicted octanol–water partition coefficient (Wildman–Crippen LogP) is 3.94. The molecule has 12 heteroatoms. The number of halogens is 3. The zero-order valence-corrected chi connectivity index (χ0v) is 19.6. The molecule has 0 aromatic heterocycles. The molecule has 0 saturated heterocycles. The Morgan fingerprint density at radius 1 is 1.06 bits per heavy atom. The third kappa shape index (κ3) is 9.20. The Balaban J connectivity index is 2.10. The lowest BCUT2D eigenvalue weighted by molar-refractivity contribution is -0.121. The molecule has 0 unspecified atom stereocenters. The van der Waals surface area contributed by atoms with Gasteiger partial charge in [-0.05, 0) is 63.8 Å². The van der Waals surface area contributed by atoms with E-state index in [4.69, 9.17) is 4.74 Å². The molecule has 2 amide bonds. The van der Waals surface area contributed by atoms with Crippen LogP contribution in [0.25, 0.3) is 0 Å². The van der Waals surface area contributed by atoms with E-state index in [-0.39, 0.29) is 16.5 Å². The summed E-state index contributed by atoms with van der Waals surface area (Å²) in [5.74, 6) is -0.573. The summed E-state index contributed by atoms with van der Waals surface area (Å²) in [5.41, 5.74) is -0.499. The van der Waals surface area contributed by atoms with E-state index in [1.54, 1.807) is 20.8 Å². The highest BCUT2D eigenvalue weighted by molar-refractivity contribution is 7.89. The van der Waals surface area contributed by atoms with E-state index < -0.39 is 46.4 Å². The van der Waals surface area contributed by atoms with E-state index in [9.17, 15) is 31.2 Å². The number of alkyl carbamates (subject to hydrolysis) is 1. The van der Waals surface area contributed by atoms with E-state index in [0.717, 1.165) is 44.2 Å². The van der Waals surface area contributed by atoms with E-state index >= 15 is 0 Å². The first-order chi connectivity index (χ1) is 15.2. The van der Waals surface area contributed by atoms with Crippen molar-refractivity contribution in [3.63, 3.8) is 0 Å². The first-order valence-corrected chi connectivity index (χ1v) is 12.1. The van der Waals surface area contributed by atoms with Crippen molar-refractivity contribution in [2.45, 2.75) is 75.6 Å². The molecule has 8 nitrogen and oxygen atoms in total. The number of benzene rings is 1. The highest BCUT2D eigenvalue weighted by Gasteiger charge is 2.33. The SMILES string of the molecule is CC(C)(C)OC(=O)N[C@H](C(=O)Nc1ccc(S(=O)(=O)NCC(F)(F)F)cc1)C1CCCCC1. The lowest BCUT2D eigenvalue weighted by atomic mass is 9.83. The summed E-state index contributed by atoms with van der Waals surface area (Å²) in [4.78, 5) is 24.9. The molecule has 0 bridgehead atoms. The summed E-state index contributed by atoms with van der Waals surface area (Å²) in [5, 5.41) is 5.28. The number of carbonyl (C=O) groups is 2. The molecular formula is C21H30F3N3O5S. The molecule has 1 aliphatic rings. The second kappa shape index (κ2) is 10.7. The van der Waals surface area contributed by atoms with Crippen molar-refractivity contribution in [3.05, 3.63) is 24.3 Å². The second-order valence-corrected chi connectivity index (χ2v) is 10.7. The zero-order chi connectivity index (χ0) is 24.9. The molecule has 2 rings (SSSR count). The van der Waals surface area contributed by atoms with Gasteiger partial charge in [-0.1, -0.05) is 19.3 Å². The Hall–Kier alpha value is -2.34. The molecule has 0 radical (unpaired) electrons. The van der Waals surface area contributed by atoms with Gasteiger partial charge in [0.15, 0.2) is 0 Å². The average Bonchev–Trinajstić information content (AvgIpc) is 2.70. The summed E-state index contributed by atoms with van der Waals surface area (Å²) >= 11 is 0. The fraction of sp³-hybridized carbons (Fsp3) is 0.619. The third-order valence-corrected chi connectivity index (χ3v) is 6.39. The number of hydrogen-bond donors (Lipinski definition) is 3. The van der Waals surface area contributed by atoms with Gasteiger partial charge in [0.25, 0.3) is 0 Å². The molecule has 0 aliphatic heterocycles. The van der Waals surface area contributed by atoms with Crippen LogP contribution in [0.15, 0.2) is 29.2 Å². The Bertz CT molecular complexity index is 922. The number of nitrogens with one attached hydrogen (secondary N) is 3. The van der Waals surface area contributed by atoms with Gasteiger partial charge in [0.1, 0.15) is 18.2 Å². The Morgan fingerprint density at radius 3 is 2.15 bits per heavy atom. The maximum absolute atomic E-state index is 13.0. The van der Waals surface area contributed by atoms with Gasteiger partial charge < -0.3 is 15.4 Å². The van der Waals surface area contributed by atoms with Crippen molar-refractivity contribution in [3.8, 4) is 0 Å². The highest BCUT2D eigenvalue weighted by Crippen LogP contribution is 2.28. The van der Waals surface area contributed by atoms with Gasteiger partial charge in [0.2, 0.25) is 15.9 Å². The largest absolute Gasteiger partial charge is 0.444 e. The third-order valence-electron chi connectivity index (χ3n) is 4.97. The highest BCUT2D eigenvalue weighted by atomic mass is 32.2. The number of alkyl halides is 3. The first-order valence-electron chi connectivity index (χ1n) is 10.6.